The number of nitrogens with zero attached hydrogens (tertiary/aromatic N) is 6. The average Bonchev–Trinajstić information content (AvgIpc) is 3.52. The Bertz CT molecular complexity index is 1330. The maximum atomic E-state index is 13.4. The zero-order valence-electron chi connectivity index (χ0n) is 19.4. The predicted octanol–water partition coefficient (Wildman–Crippen LogP) is 3.18. The molecule has 2 aliphatic rings. The van der Waals surface area contributed by atoms with E-state index in [-0.39, 0.29) is 5.91 Å². The number of H-pyrrole nitrogens is 1. The number of carbonyl (C=O) groups is 1. The van der Waals surface area contributed by atoms with Gasteiger partial charge in [0.25, 0.3) is 0 Å². The molecule has 0 unspecified atom stereocenters. The molecule has 9 heteroatoms. The number of rotatable bonds is 4. The second-order valence-electron chi connectivity index (χ2n) is 9.35. The summed E-state index contributed by atoms with van der Waals surface area (Å²) >= 11 is 0. The topological polar surface area (TPSA) is 92.2 Å². The van der Waals surface area contributed by atoms with Crippen molar-refractivity contribution in [3.63, 3.8) is 0 Å². The minimum absolute atomic E-state index is 0.00184. The third kappa shape index (κ3) is 3.84. The maximum Gasteiger partial charge on any atom is 0.249 e. The van der Waals surface area contributed by atoms with E-state index in [1.807, 2.05) is 12.3 Å². The van der Waals surface area contributed by atoms with Gasteiger partial charge in [-0.3, -0.25) is 4.79 Å². The third-order valence-electron chi connectivity index (χ3n) is 7.10. The summed E-state index contributed by atoms with van der Waals surface area (Å²) in [4.78, 5) is 30.9. The molecule has 0 bridgehead atoms. The Balaban J connectivity index is 1.44. The molecule has 5 heterocycles. The molecule has 6 rings (SSSR count). The minimum Gasteiger partial charge on any atom is -0.378 e. The molecule has 4 aromatic rings. The third-order valence-corrected chi connectivity index (χ3v) is 7.10. The fourth-order valence-electron chi connectivity index (χ4n) is 5.08. The van der Waals surface area contributed by atoms with Crippen molar-refractivity contribution in [2.75, 3.05) is 51.3 Å². The molecule has 1 N–H and O–H groups in total. The van der Waals surface area contributed by atoms with E-state index in [0.717, 1.165) is 66.6 Å². The van der Waals surface area contributed by atoms with Crippen molar-refractivity contribution in [2.24, 2.45) is 5.92 Å². The van der Waals surface area contributed by atoms with Crippen molar-refractivity contribution in [1.82, 2.24) is 29.6 Å². The molecule has 2 aliphatic heterocycles. The zero-order chi connectivity index (χ0) is 23.1. The van der Waals surface area contributed by atoms with E-state index in [2.05, 4.69) is 45.1 Å². The van der Waals surface area contributed by atoms with Crippen LogP contribution in [0, 0.1) is 5.92 Å². The van der Waals surface area contributed by atoms with E-state index in [1.165, 1.54) is 4.68 Å². The molecule has 3 aromatic heterocycles. The van der Waals surface area contributed by atoms with Crippen LogP contribution in [0.3, 0.4) is 0 Å². The van der Waals surface area contributed by atoms with Crippen LogP contribution in [0.25, 0.3) is 33.2 Å². The number of hydrogen-bond acceptors (Lipinski definition) is 7. The number of piperidine rings is 1. The summed E-state index contributed by atoms with van der Waals surface area (Å²) in [7, 11) is 2.13. The van der Waals surface area contributed by atoms with Crippen molar-refractivity contribution in [2.45, 2.75) is 19.3 Å². The molecule has 0 atom stereocenters. The van der Waals surface area contributed by atoms with Gasteiger partial charge in [-0.25, -0.2) is 4.98 Å². The highest BCUT2D eigenvalue weighted by Crippen LogP contribution is 2.33. The molecule has 0 spiro atoms. The van der Waals surface area contributed by atoms with Crippen molar-refractivity contribution >= 4 is 33.8 Å². The molecule has 176 valence electrons. The maximum absolute atomic E-state index is 13.4. The number of benzene rings is 1. The van der Waals surface area contributed by atoms with Gasteiger partial charge in [-0.2, -0.15) is 14.8 Å². The molecule has 1 aromatic carbocycles. The van der Waals surface area contributed by atoms with Gasteiger partial charge < -0.3 is 19.5 Å². The molecule has 0 saturated carbocycles. The summed E-state index contributed by atoms with van der Waals surface area (Å²) in [5, 5.41) is 6.40. The van der Waals surface area contributed by atoms with Crippen LogP contribution in [-0.4, -0.2) is 82.0 Å². The predicted molar refractivity (Wildman–Crippen MR) is 131 cm³/mol. The van der Waals surface area contributed by atoms with Gasteiger partial charge in [0.15, 0.2) is 5.65 Å². The van der Waals surface area contributed by atoms with Crippen molar-refractivity contribution in [3.05, 3.63) is 36.7 Å². The number of aromatic amines is 1. The Kier molecular flexibility index (Phi) is 5.50. The van der Waals surface area contributed by atoms with Crippen LogP contribution in [-0.2, 0) is 4.74 Å². The van der Waals surface area contributed by atoms with Gasteiger partial charge in [-0.15, -0.1) is 0 Å². The molecule has 9 nitrogen and oxygen atoms in total. The van der Waals surface area contributed by atoms with Crippen LogP contribution < -0.4 is 4.90 Å². The Morgan fingerprint density at radius 2 is 1.91 bits per heavy atom. The average molecular weight is 460 g/mol. The van der Waals surface area contributed by atoms with Gasteiger partial charge in [-0.1, -0.05) is 12.1 Å². The smallest absolute Gasteiger partial charge is 0.249 e. The van der Waals surface area contributed by atoms with E-state index >= 15 is 0 Å². The summed E-state index contributed by atoms with van der Waals surface area (Å²) in [5.74, 6) is 1.01. The normalized spacial score (nSPS) is 18.2. The summed E-state index contributed by atoms with van der Waals surface area (Å²) in [6, 6.07) is 8.20. The number of morpholine rings is 1. The van der Waals surface area contributed by atoms with Crippen LogP contribution >= 0.6 is 0 Å². The number of ether oxygens (including phenoxy) is 1. The number of likely N-dealkylation sites (tertiary alicyclic amines) is 1. The molecular formula is C25H29N7O2. The van der Waals surface area contributed by atoms with Crippen LogP contribution in [0.15, 0.2) is 36.7 Å². The minimum atomic E-state index is 0.00184. The molecule has 0 aliphatic carbocycles. The summed E-state index contributed by atoms with van der Waals surface area (Å²) in [5.41, 5.74) is 3.43. The molecule has 0 radical (unpaired) electrons. The monoisotopic (exact) mass is 459 g/mol. The van der Waals surface area contributed by atoms with Gasteiger partial charge in [0.2, 0.25) is 11.9 Å². The first-order valence-electron chi connectivity index (χ1n) is 12.0. The first-order chi connectivity index (χ1) is 16.7. The molecule has 34 heavy (non-hydrogen) atoms. The number of hydrogen-bond donors (Lipinski definition) is 1. The lowest BCUT2D eigenvalue weighted by molar-refractivity contribution is 0.0843. The number of anilines is 1. The number of nitrogens with one attached hydrogen (secondary N) is 1. The first kappa shape index (κ1) is 21.2. The second-order valence-corrected chi connectivity index (χ2v) is 9.35. The lowest BCUT2D eigenvalue weighted by Gasteiger charge is -2.28. The number of aromatic nitrogens is 5. The van der Waals surface area contributed by atoms with E-state index < -0.39 is 0 Å². The molecular weight excluding hydrogens is 430 g/mol. The van der Waals surface area contributed by atoms with E-state index in [0.29, 0.717) is 37.1 Å². The van der Waals surface area contributed by atoms with Gasteiger partial charge in [0, 0.05) is 42.2 Å². The molecule has 2 fully saturated rings. The number of fused-ring (bicyclic) bond motifs is 2. The van der Waals surface area contributed by atoms with Crippen LogP contribution in [0.4, 0.5) is 5.95 Å². The fourth-order valence-corrected chi connectivity index (χ4v) is 5.08. The summed E-state index contributed by atoms with van der Waals surface area (Å²) < 4.78 is 7.03. The Morgan fingerprint density at radius 1 is 1.09 bits per heavy atom. The second kappa shape index (κ2) is 8.81. The summed E-state index contributed by atoms with van der Waals surface area (Å²) in [6.07, 6.45) is 6.24. The van der Waals surface area contributed by atoms with Crippen LogP contribution in [0.2, 0.25) is 0 Å². The number of carbonyl (C=O) groups excluding carboxylic acids is 1. The SMILES string of the molecule is CN1CCC(CC(=O)n2ncc3c(-c4cccc5[nH]ccc45)nc(N4CCOCC4)nc32)CC1. The Morgan fingerprint density at radius 3 is 2.74 bits per heavy atom. The van der Waals surface area contributed by atoms with Crippen molar-refractivity contribution < 1.29 is 9.53 Å². The highest BCUT2D eigenvalue weighted by atomic mass is 16.5. The first-order valence-corrected chi connectivity index (χ1v) is 12.0. The van der Waals surface area contributed by atoms with Gasteiger partial charge in [0.1, 0.15) is 0 Å². The molecule has 2 saturated heterocycles. The van der Waals surface area contributed by atoms with E-state index in [1.54, 1.807) is 6.20 Å². The highest BCUT2D eigenvalue weighted by molar-refractivity contribution is 6.03. The van der Waals surface area contributed by atoms with Crippen molar-refractivity contribution in [1.29, 1.82) is 0 Å². The largest absolute Gasteiger partial charge is 0.378 e. The van der Waals surface area contributed by atoms with Gasteiger partial charge in [-0.05, 0) is 51.0 Å². The van der Waals surface area contributed by atoms with Crippen molar-refractivity contribution in [3.8, 4) is 11.3 Å². The van der Waals surface area contributed by atoms with Gasteiger partial charge in [0.05, 0.1) is 30.5 Å². The Hall–Kier alpha value is -3.30. The quantitative estimate of drug-likeness (QED) is 0.501. The fraction of sp³-hybridized carbons (Fsp3) is 0.440. The van der Waals surface area contributed by atoms with E-state index in [9.17, 15) is 4.79 Å². The van der Waals surface area contributed by atoms with E-state index in [4.69, 9.17) is 14.7 Å². The highest BCUT2D eigenvalue weighted by Gasteiger charge is 2.25. The van der Waals surface area contributed by atoms with Gasteiger partial charge >= 0.3 is 0 Å². The Labute approximate surface area is 197 Å². The zero-order valence-corrected chi connectivity index (χ0v) is 19.4. The van der Waals surface area contributed by atoms with Crippen LogP contribution in [0.1, 0.15) is 24.1 Å². The van der Waals surface area contributed by atoms with Crippen LogP contribution in [0.5, 0.6) is 0 Å². The lowest BCUT2D eigenvalue weighted by atomic mass is 9.93. The molecule has 0 amide bonds. The standard InChI is InChI=1S/C25H29N7O2/c1-30-9-6-17(7-10-30)15-22(33)32-24-20(16-27-32)23(19-3-2-4-21-18(19)5-8-26-21)28-25(29-24)31-11-13-34-14-12-31/h2-5,8,16-17,26H,6-7,9-15H2,1H3. The summed E-state index contributed by atoms with van der Waals surface area (Å²) in [6.45, 7) is 4.78. The lowest BCUT2D eigenvalue weighted by Crippen LogP contribution is -2.37.